The molecule has 0 unspecified atom stereocenters. The van der Waals surface area contributed by atoms with Crippen LogP contribution in [0.1, 0.15) is 31.9 Å². The third kappa shape index (κ3) is 4.33. The summed E-state index contributed by atoms with van der Waals surface area (Å²) in [6.45, 7) is 3.90. The lowest BCUT2D eigenvalue weighted by molar-refractivity contribution is -0.138. The van der Waals surface area contributed by atoms with Crippen molar-refractivity contribution in [2.75, 3.05) is 18.0 Å². The zero-order valence-corrected chi connectivity index (χ0v) is 11.1. The normalized spacial score (nSPS) is 10.6. The van der Waals surface area contributed by atoms with Crippen LogP contribution in [0.4, 0.5) is 5.13 Å². The highest BCUT2D eigenvalue weighted by Crippen LogP contribution is 2.24. The minimum Gasteiger partial charge on any atom is -0.481 e. The van der Waals surface area contributed by atoms with Gasteiger partial charge in [-0.25, -0.2) is 4.98 Å². The van der Waals surface area contributed by atoms with Crippen molar-refractivity contribution in [3.05, 3.63) is 11.1 Å². The van der Waals surface area contributed by atoms with E-state index in [1.165, 1.54) is 16.2 Å². The summed E-state index contributed by atoms with van der Waals surface area (Å²) < 4.78 is 0. The van der Waals surface area contributed by atoms with Gasteiger partial charge in [0.05, 0.1) is 12.1 Å². The smallest absolute Gasteiger partial charge is 0.323 e. The number of anilines is 1. The summed E-state index contributed by atoms with van der Waals surface area (Å²) in [6.07, 6.45) is -0.107. The molecule has 2 N–H and O–H groups in total. The molecular formula is C11H16N2O4S. The molecule has 6 nitrogen and oxygen atoms in total. The predicted molar refractivity (Wildman–Crippen MR) is 68.3 cm³/mol. The van der Waals surface area contributed by atoms with Crippen LogP contribution < -0.4 is 4.90 Å². The Kier molecular flexibility index (Phi) is 5.08. The fraction of sp³-hybridized carbons (Fsp3) is 0.545. The van der Waals surface area contributed by atoms with Gasteiger partial charge in [0.1, 0.15) is 6.54 Å². The first-order valence-electron chi connectivity index (χ1n) is 5.54. The summed E-state index contributed by atoms with van der Waals surface area (Å²) in [5.41, 5.74) is 0.890. The largest absolute Gasteiger partial charge is 0.481 e. The summed E-state index contributed by atoms with van der Waals surface area (Å²) in [5.74, 6) is -1.69. The van der Waals surface area contributed by atoms with E-state index in [4.69, 9.17) is 10.2 Å². The van der Waals surface area contributed by atoms with Crippen molar-refractivity contribution < 1.29 is 19.8 Å². The third-order valence-corrected chi connectivity index (χ3v) is 3.21. The van der Waals surface area contributed by atoms with Crippen molar-refractivity contribution in [1.82, 2.24) is 4.98 Å². The van der Waals surface area contributed by atoms with Gasteiger partial charge in [-0.05, 0) is 5.92 Å². The molecule has 0 amide bonds. The number of hydrogen-bond donors (Lipinski definition) is 2. The molecule has 100 valence electrons. The molecule has 1 aromatic rings. The lowest BCUT2D eigenvalue weighted by Crippen LogP contribution is -2.31. The first-order valence-corrected chi connectivity index (χ1v) is 6.42. The second kappa shape index (κ2) is 6.34. The maximum atomic E-state index is 10.8. The van der Waals surface area contributed by atoms with Crippen LogP contribution in [0.25, 0.3) is 0 Å². The van der Waals surface area contributed by atoms with E-state index in [0.29, 0.717) is 5.13 Å². The van der Waals surface area contributed by atoms with Crippen molar-refractivity contribution in [3.8, 4) is 0 Å². The van der Waals surface area contributed by atoms with E-state index in [1.807, 2.05) is 19.2 Å². The Balaban J connectivity index is 2.79. The predicted octanol–water partition coefficient (Wildman–Crippen LogP) is 1.63. The summed E-state index contributed by atoms with van der Waals surface area (Å²) in [6, 6.07) is 0. The van der Waals surface area contributed by atoms with Crippen molar-refractivity contribution in [2.45, 2.75) is 26.2 Å². The van der Waals surface area contributed by atoms with Gasteiger partial charge in [-0.3, -0.25) is 9.59 Å². The molecule has 1 heterocycles. The van der Waals surface area contributed by atoms with Gasteiger partial charge in [0.25, 0.3) is 0 Å². The van der Waals surface area contributed by atoms with Crippen molar-refractivity contribution in [2.24, 2.45) is 0 Å². The maximum Gasteiger partial charge on any atom is 0.323 e. The van der Waals surface area contributed by atoms with Crippen LogP contribution in [0, 0.1) is 0 Å². The molecule has 0 aromatic carbocycles. The molecule has 0 aliphatic heterocycles. The van der Waals surface area contributed by atoms with Crippen LogP contribution >= 0.6 is 11.3 Å². The molecule has 1 rings (SSSR count). The average molecular weight is 272 g/mol. The molecule has 0 saturated carbocycles. The van der Waals surface area contributed by atoms with Gasteiger partial charge in [-0.2, -0.15) is 0 Å². The SMILES string of the molecule is CC(C)c1csc(N(CCC(=O)O)CC(=O)O)n1. The molecule has 0 saturated heterocycles. The van der Waals surface area contributed by atoms with Crippen LogP contribution in [-0.2, 0) is 9.59 Å². The molecule has 0 fully saturated rings. The Morgan fingerprint density at radius 2 is 2.06 bits per heavy atom. The molecule has 0 bridgehead atoms. The van der Waals surface area contributed by atoms with E-state index in [0.717, 1.165) is 5.69 Å². The summed E-state index contributed by atoms with van der Waals surface area (Å²) in [7, 11) is 0. The molecule has 0 aliphatic rings. The Hall–Kier alpha value is -1.63. The van der Waals surface area contributed by atoms with Gasteiger partial charge < -0.3 is 15.1 Å². The zero-order chi connectivity index (χ0) is 13.7. The lowest BCUT2D eigenvalue weighted by atomic mass is 10.2. The molecular weight excluding hydrogens is 256 g/mol. The monoisotopic (exact) mass is 272 g/mol. The van der Waals surface area contributed by atoms with E-state index in [2.05, 4.69) is 4.98 Å². The quantitative estimate of drug-likeness (QED) is 0.784. The van der Waals surface area contributed by atoms with Crippen LogP contribution in [0.2, 0.25) is 0 Å². The van der Waals surface area contributed by atoms with Crippen LogP contribution in [-0.4, -0.2) is 40.2 Å². The Morgan fingerprint density at radius 3 is 2.50 bits per heavy atom. The summed E-state index contributed by atoms with van der Waals surface area (Å²) in [5, 5.41) is 19.9. The fourth-order valence-electron chi connectivity index (χ4n) is 1.32. The van der Waals surface area contributed by atoms with Gasteiger partial charge in [0, 0.05) is 11.9 Å². The Morgan fingerprint density at radius 1 is 1.39 bits per heavy atom. The number of hydrogen-bond acceptors (Lipinski definition) is 5. The highest BCUT2D eigenvalue weighted by atomic mass is 32.1. The number of nitrogens with zero attached hydrogens (tertiary/aromatic N) is 2. The van der Waals surface area contributed by atoms with Crippen molar-refractivity contribution in [1.29, 1.82) is 0 Å². The van der Waals surface area contributed by atoms with Crippen LogP contribution in [0.15, 0.2) is 5.38 Å². The van der Waals surface area contributed by atoms with E-state index < -0.39 is 11.9 Å². The minimum absolute atomic E-state index is 0.107. The zero-order valence-electron chi connectivity index (χ0n) is 10.3. The number of rotatable bonds is 7. The summed E-state index contributed by atoms with van der Waals surface area (Å²) in [4.78, 5) is 27.1. The van der Waals surface area contributed by atoms with Gasteiger partial charge >= 0.3 is 11.9 Å². The minimum atomic E-state index is -0.998. The van der Waals surface area contributed by atoms with Crippen LogP contribution in [0.5, 0.6) is 0 Å². The van der Waals surface area contributed by atoms with Gasteiger partial charge in [-0.15, -0.1) is 11.3 Å². The third-order valence-electron chi connectivity index (χ3n) is 2.29. The van der Waals surface area contributed by atoms with E-state index in [-0.39, 0.29) is 25.4 Å². The number of aliphatic carboxylic acids is 2. The number of carboxylic acids is 2. The topological polar surface area (TPSA) is 90.7 Å². The fourth-order valence-corrected chi connectivity index (χ4v) is 2.34. The second-order valence-electron chi connectivity index (χ2n) is 4.17. The van der Waals surface area contributed by atoms with Crippen LogP contribution in [0.3, 0.4) is 0 Å². The summed E-state index contributed by atoms with van der Waals surface area (Å²) >= 11 is 1.34. The molecule has 7 heteroatoms. The average Bonchev–Trinajstić information content (AvgIpc) is 2.72. The second-order valence-corrected chi connectivity index (χ2v) is 5.01. The Labute approximate surface area is 109 Å². The first kappa shape index (κ1) is 14.4. The lowest BCUT2D eigenvalue weighted by Gasteiger charge is -2.18. The van der Waals surface area contributed by atoms with E-state index >= 15 is 0 Å². The van der Waals surface area contributed by atoms with Gasteiger partial charge in [0.2, 0.25) is 0 Å². The molecule has 0 spiro atoms. The van der Waals surface area contributed by atoms with Crippen molar-refractivity contribution in [3.63, 3.8) is 0 Å². The number of aromatic nitrogens is 1. The standard InChI is InChI=1S/C11H16N2O4S/c1-7(2)8-6-18-11(12-8)13(5-10(16)17)4-3-9(14)15/h6-7H,3-5H2,1-2H3,(H,14,15)(H,16,17). The highest BCUT2D eigenvalue weighted by Gasteiger charge is 2.16. The van der Waals surface area contributed by atoms with Gasteiger partial charge in [-0.1, -0.05) is 13.8 Å². The molecule has 1 aromatic heterocycles. The van der Waals surface area contributed by atoms with E-state index in [9.17, 15) is 9.59 Å². The molecule has 0 atom stereocenters. The van der Waals surface area contributed by atoms with Gasteiger partial charge in [0.15, 0.2) is 5.13 Å². The molecule has 18 heavy (non-hydrogen) atoms. The number of thiazole rings is 1. The maximum absolute atomic E-state index is 10.8. The molecule has 0 radical (unpaired) electrons. The Bertz CT molecular complexity index is 430. The number of carbonyl (C=O) groups is 2. The highest BCUT2D eigenvalue weighted by molar-refractivity contribution is 7.13. The van der Waals surface area contributed by atoms with Crippen molar-refractivity contribution >= 4 is 28.4 Å². The first-order chi connectivity index (χ1) is 8.40. The number of carboxylic acid groups (broad SMARTS) is 2. The molecule has 0 aliphatic carbocycles. The van der Waals surface area contributed by atoms with E-state index in [1.54, 1.807) is 0 Å².